The van der Waals surface area contributed by atoms with Crippen LogP contribution < -0.4 is 5.32 Å². The van der Waals surface area contributed by atoms with Crippen LogP contribution in [0.25, 0.3) is 0 Å². The fourth-order valence-electron chi connectivity index (χ4n) is 2.99. The van der Waals surface area contributed by atoms with E-state index in [1.54, 1.807) is 0 Å². The van der Waals surface area contributed by atoms with Gasteiger partial charge in [0.15, 0.2) is 0 Å². The first-order valence-corrected chi connectivity index (χ1v) is 8.49. The van der Waals surface area contributed by atoms with Crippen molar-refractivity contribution in [3.05, 3.63) is 69.8 Å². The molecule has 0 aromatic heterocycles. The summed E-state index contributed by atoms with van der Waals surface area (Å²) < 4.78 is 0. The normalized spacial score (nSPS) is 14.4. The molecule has 2 aromatic carbocycles. The molecule has 130 valence electrons. The van der Waals surface area contributed by atoms with Crippen LogP contribution in [0.4, 0.5) is 11.4 Å². The van der Waals surface area contributed by atoms with Crippen molar-refractivity contribution < 1.29 is 9.72 Å². The Hall–Kier alpha value is -2.73. The lowest BCUT2D eigenvalue weighted by molar-refractivity contribution is -0.384. The van der Waals surface area contributed by atoms with Gasteiger partial charge in [0.05, 0.1) is 4.92 Å². The van der Waals surface area contributed by atoms with Crippen molar-refractivity contribution in [2.75, 3.05) is 25.0 Å². The molecule has 25 heavy (non-hydrogen) atoms. The molecule has 2 aromatic rings. The summed E-state index contributed by atoms with van der Waals surface area (Å²) in [4.78, 5) is 24.8. The number of nitrogens with one attached hydrogen (secondary N) is 1. The number of anilines is 1. The van der Waals surface area contributed by atoms with E-state index in [0.29, 0.717) is 11.3 Å². The Balaban J connectivity index is 1.54. The van der Waals surface area contributed by atoms with Gasteiger partial charge in [0.1, 0.15) is 0 Å². The summed E-state index contributed by atoms with van der Waals surface area (Å²) in [5.74, 6) is -0.278. The van der Waals surface area contributed by atoms with E-state index < -0.39 is 4.92 Å². The van der Waals surface area contributed by atoms with Crippen LogP contribution in [0.3, 0.4) is 0 Å². The van der Waals surface area contributed by atoms with Gasteiger partial charge in [0.25, 0.3) is 11.6 Å². The summed E-state index contributed by atoms with van der Waals surface area (Å²) in [5.41, 5.74) is 2.33. The van der Waals surface area contributed by atoms with Crippen LogP contribution >= 0.6 is 0 Å². The summed E-state index contributed by atoms with van der Waals surface area (Å²) in [7, 11) is 0. The molecule has 1 aliphatic rings. The van der Waals surface area contributed by atoms with Crippen LogP contribution in [-0.2, 0) is 6.42 Å². The molecule has 0 bridgehead atoms. The van der Waals surface area contributed by atoms with Gasteiger partial charge in [0, 0.05) is 29.9 Å². The molecule has 0 unspecified atom stereocenters. The average molecular weight is 339 g/mol. The molecule has 1 saturated heterocycles. The highest BCUT2D eigenvalue weighted by atomic mass is 16.6. The first kappa shape index (κ1) is 17.1. The lowest BCUT2D eigenvalue weighted by Crippen LogP contribution is -2.21. The zero-order valence-electron chi connectivity index (χ0n) is 14.0. The molecular formula is C19H21N3O3. The maximum atomic E-state index is 12.2. The minimum absolute atomic E-state index is 0.0288. The average Bonchev–Trinajstić information content (AvgIpc) is 3.15. The number of carbonyl (C=O) groups excluding carboxylic acids is 1. The Bertz CT molecular complexity index is 736. The second-order valence-electron chi connectivity index (χ2n) is 6.25. The van der Waals surface area contributed by atoms with Gasteiger partial charge >= 0.3 is 0 Å². The number of amides is 1. The maximum absolute atomic E-state index is 12.2. The third-order valence-corrected chi connectivity index (χ3v) is 4.47. The van der Waals surface area contributed by atoms with E-state index in [2.05, 4.69) is 10.2 Å². The van der Waals surface area contributed by atoms with Gasteiger partial charge < -0.3 is 10.2 Å². The number of rotatable bonds is 6. The van der Waals surface area contributed by atoms with Gasteiger partial charge in [-0.05, 0) is 62.2 Å². The molecular weight excluding hydrogens is 318 g/mol. The summed E-state index contributed by atoms with van der Waals surface area (Å²) >= 11 is 0. The quantitative estimate of drug-likeness (QED) is 0.646. The van der Waals surface area contributed by atoms with Crippen molar-refractivity contribution in [3.8, 4) is 0 Å². The van der Waals surface area contributed by atoms with Crippen LogP contribution in [0.2, 0.25) is 0 Å². The number of nitrogens with zero attached hydrogens (tertiary/aromatic N) is 2. The molecule has 1 N–H and O–H groups in total. The van der Waals surface area contributed by atoms with Gasteiger partial charge in [-0.2, -0.15) is 0 Å². The van der Waals surface area contributed by atoms with Crippen LogP contribution in [0.5, 0.6) is 0 Å². The summed E-state index contributed by atoms with van der Waals surface area (Å²) in [6.07, 6.45) is 3.61. The zero-order valence-corrected chi connectivity index (χ0v) is 14.0. The zero-order chi connectivity index (χ0) is 17.6. The monoisotopic (exact) mass is 339 g/mol. The van der Waals surface area contributed by atoms with E-state index in [-0.39, 0.29) is 11.6 Å². The largest absolute Gasteiger partial charge is 0.322 e. The van der Waals surface area contributed by atoms with E-state index in [0.717, 1.165) is 13.0 Å². The lowest BCUT2D eigenvalue weighted by atomic mass is 10.1. The molecule has 0 spiro atoms. The van der Waals surface area contributed by atoms with Gasteiger partial charge in [-0.3, -0.25) is 14.9 Å². The summed E-state index contributed by atoms with van der Waals surface area (Å²) in [6.45, 7) is 3.47. The predicted molar refractivity (Wildman–Crippen MR) is 96.9 cm³/mol. The molecule has 0 saturated carbocycles. The molecule has 6 heteroatoms. The third kappa shape index (κ3) is 4.64. The molecule has 1 amide bonds. The minimum Gasteiger partial charge on any atom is -0.322 e. The van der Waals surface area contributed by atoms with Gasteiger partial charge in [-0.25, -0.2) is 0 Å². The number of non-ortho nitro benzene ring substituents is 1. The van der Waals surface area contributed by atoms with E-state index in [9.17, 15) is 14.9 Å². The Morgan fingerprint density at radius 2 is 1.68 bits per heavy atom. The Morgan fingerprint density at radius 3 is 2.28 bits per heavy atom. The number of nitro benzene ring substituents is 1. The topological polar surface area (TPSA) is 75.5 Å². The van der Waals surface area contributed by atoms with Crippen LogP contribution in [0.1, 0.15) is 28.8 Å². The molecule has 1 fully saturated rings. The van der Waals surface area contributed by atoms with Crippen molar-refractivity contribution in [1.82, 2.24) is 4.90 Å². The van der Waals surface area contributed by atoms with Crippen LogP contribution in [0.15, 0.2) is 48.5 Å². The fraction of sp³-hybridized carbons (Fsp3) is 0.316. The highest BCUT2D eigenvalue weighted by molar-refractivity contribution is 6.04. The van der Waals surface area contributed by atoms with E-state index in [4.69, 9.17) is 0 Å². The van der Waals surface area contributed by atoms with Gasteiger partial charge in [0.2, 0.25) is 0 Å². The number of carbonyl (C=O) groups is 1. The number of hydrogen-bond donors (Lipinski definition) is 1. The Labute approximate surface area is 146 Å². The number of nitro groups is 1. The standard InChI is InChI=1S/C19H21N3O3/c23-19(16-5-9-18(10-6-16)22(24)25)20-17-7-3-15(4-8-17)11-14-21-12-1-2-13-21/h3-10H,1-2,11-14H2,(H,20,23). The van der Waals surface area contributed by atoms with Crippen LogP contribution in [-0.4, -0.2) is 35.4 Å². The minimum atomic E-state index is -0.484. The fourth-order valence-corrected chi connectivity index (χ4v) is 2.99. The Kier molecular flexibility index (Phi) is 5.40. The van der Waals surface area contributed by atoms with Gasteiger partial charge in [-0.15, -0.1) is 0 Å². The SMILES string of the molecule is O=C(Nc1ccc(CCN2CCCC2)cc1)c1ccc([N+](=O)[O-])cc1. The predicted octanol–water partition coefficient (Wildman–Crippen LogP) is 3.49. The number of likely N-dealkylation sites (tertiary alicyclic amines) is 1. The van der Waals surface area contributed by atoms with E-state index in [1.165, 1.54) is 55.8 Å². The van der Waals surface area contributed by atoms with Crippen molar-refractivity contribution in [1.29, 1.82) is 0 Å². The van der Waals surface area contributed by atoms with Crippen molar-refractivity contribution in [2.45, 2.75) is 19.3 Å². The summed E-state index contributed by atoms with van der Waals surface area (Å²) in [6, 6.07) is 13.4. The smallest absolute Gasteiger partial charge is 0.269 e. The van der Waals surface area contributed by atoms with E-state index >= 15 is 0 Å². The summed E-state index contributed by atoms with van der Waals surface area (Å²) in [5, 5.41) is 13.5. The van der Waals surface area contributed by atoms with E-state index in [1.807, 2.05) is 24.3 Å². The van der Waals surface area contributed by atoms with Crippen molar-refractivity contribution >= 4 is 17.3 Å². The lowest BCUT2D eigenvalue weighted by Gasteiger charge is -2.14. The first-order chi connectivity index (χ1) is 12.1. The molecule has 1 heterocycles. The molecule has 6 nitrogen and oxygen atoms in total. The first-order valence-electron chi connectivity index (χ1n) is 8.49. The molecule has 0 radical (unpaired) electrons. The highest BCUT2D eigenvalue weighted by Crippen LogP contribution is 2.16. The van der Waals surface area contributed by atoms with Crippen molar-refractivity contribution in [2.24, 2.45) is 0 Å². The maximum Gasteiger partial charge on any atom is 0.269 e. The third-order valence-electron chi connectivity index (χ3n) is 4.47. The van der Waals surface area contributed by atoms with Crippen molar-refractivity contribution in [3.63, 3.8) is 0 Å². The molecule has 3 rings (SSSR count). The molecule has 0 aliphatic carbocycles. The molecule has 0 atom stereocenters. The second kappa shape index (κ2) is 7.90. The number of hydrogen-bond acceptors (Lipinski definition) is 4. The highest BCUT2D eigenvalue weighted by Gasteiger charge is 2.11. The van der Waals surface area contributed by atoms with Crippen LogP contribution in [0, 0.1) is 10.1 Å². The Morgan fingerprint density at radius 1 is 1.04 bits per heavy atom. The second-order valence-corrected chi connectivity index (χ2v) is 6.25. The molecule has 1 aliphatic heterocycles. The van der Waals surface area contributed by atoms with Gasteiger partial charge in [-0.1, -0.05) is 12.1 Å². The number of benzene rings is 2.